The quantitative estimate of drug-likeness (QED) is 0.284. The van der Waals surface area contributed by atoms with Crippen LogP contribution in [0.3, 0.4) is 0 Å². The van der Waals surface area contributed by atoms with E-state index in [0.717, 1.165) is 35.2 Å². The molecule has 203 valence electrons. The summed E-state index contributed by atoms with van der Waals surface area (Å²) in [7, 11) is 0. The second kappa shape index (κ2) is 12.0. The first-order valence-electron chi connectivity index (χ1n) is 12.9. The number of carbonyl (C=O) groups excluding carboxylic acids is 2. The van der Waals surface area contributed by atoms with Gasteiger partial charge in [0.2, 0.25) is 0 Å². The van der Waals surface area contributed by atoms with Crippen molar-refractivity contribution in [2.75, 3.05) is 23.7 Å². The molecule has 2 aromatic carbocycles. The molecule has 0 unspecified atom stereocenters. The molecule has 1 fully saturated rings. The third kappa shape index (κ3) is 6.20. The van der Waals surface area contributed by atoms with Crippen LogP contribution in [0.15, 0.2) is 73.1 Å². The Morgan fingerprint density at radius 3 is 2.23 bits per heavy atom. The van der Waals surface area contributed by atoms with Crippen molar-refractivity contribution >= 4 is 34.8 Å². The van der Waals surface area contributed by atoms with E-state index in [1.54, 1.807) is 36.7 Å². The highest BCUT2D eigenvalue weighted by molar-refractivity contribution is 6.36. The Morgan fingerprint density at radius 2 is 1.60 bits per heavy atom. The van der Waals surface area contributed by atoms with Crippen LogP contribution in [0.25, 0.3) is 11.1 Å². The molecule has 0 spiro atoms. The van der Waals surface area contributed by atoms with E-state index in [2.05, 4.69) is 32.4 Å². The van der Waals surface area contributed by atoms with Crippen LogP contribution in [0.5, 0.6) is 0 Å². The van der Waals surface area contributed by atoms with Gasteiger partial charge in [-0.1, -0.05) is 48.0 Å². The third-order valence-corrected chi connectivity index (χ3v) is 7.29. The second-order valence-electron chi connectivity index (χ2n) is 9.83. The Balaban J connectivity index is 1.31. The van der Waals surface area contributed by atoms with Crippen molar-refractivity contribution in [3.05, 3.63) is 113 Å². The predicted octanol–water partition coefficient (Wildman–Crippen LogP) is 5.36. The molecule has 0 bridgehead atoms. The first-order valence-corrected chi connectivity index (χ1v) is 13.3. The Bertz CT molecular complexity index is 1540. The average molecular weight is 555 g/mol. The van der Waals surface area contributed by atoms with Crippen LogP contribution in [0.1, 0.15) is 44.1 Å². The number of aromatic nitrogens is 2. The van der Waals surface area contributed by atoms with Gasteiger partial charge in [-0.2, -0.15) is 0 Å². The van der Waals surface area contributed by atoms with Gasteiger partial charge in [0.05, 0.1) is 16.8 Å². The summed E-state index contributed by atoms with van der Waals surface area (Å²) in [5, 5.41) is 15.9. The molecule has 3 heterocycles. The number of carbonyl (C=O) groups is 2. The molecule has 0 aliphatic carbocycles. The lowest BCUT2D eigenvalue weighted by Crippen LogP contribution is -2.21. The summed E-state index contributed by atoms with van der Waals surface area (Å²) in [5.41, 5.74) is 5.68. The van der Waals surface area contributed by atoms with Gasteiger partial charge in [-0.15, -0.1) is 0 Å². The zero-order valence-electron chi connectivity index (χ0n) is 22.0. The summed E-state index contributed by atoms with van der Waals surface area (Å²) >= 11 is 6.78. The van der Waals surface area contributed by atoms with Gasteiger partial charge in [-0.05, 0) is 66.8 Å². The molecule has 0 saturated carbocycles. The Kier molecular flexibility index (Phi) is 8.21. The first-order chi connectivity index (χ1) is 19.3. The number of anilines is 2. The number of nitrogens with one attached hydrogen (secondary N) is 2. The molecule has 2 amide bonds. The summed E-state index contributed by atoms with van der Waals surface area (Å²) in [4.78, 5) is 36.4. The maximum absolute atomic E-state index is 13.0. The summed E-state index contributed by atoms with van der Waals surface area (Å²) in [6.45, 7) is 7.86. The number of benzene rings is 2. The number of β-amino-alcohol motifs (C(OH)–C–C–N with tert-alkyl or cyclic N) is 1. The van der Waals surface area contributed by atoms with Crippen LogP contribution >= 0.6 is 11.6 Å². The smallest absolute Gasteiger partial charge is 0.274 e. The largest absolute Gasteiger partial charge is 0.392 e. The molecule has 1 aliphatic rings. The van der Waals surface area contributed by atoms with E-state index in [1.165, 1.54) is 0 Å². The molecule has 1 radical (unpaired) electrons. The lowest BCUT2D eigenvalue weighted by atomic mass is 9.98. The number of amides is 2. The molecule has 5 rings (SSSR count). The fourth-order valence-electron chi connectivity index (χ4n) is 4.70. The minimum absolute atomic E-state index is 0.271. The van der Waals surface area contributed by atoms with Crippen molar-refractivity contribution in [3.8, 4) is 11.1 Å². The molecular weight excluding hydrogens is 526 g/mol. The molecule has 40 heavy (non-hydrogen) atoms. The van der Waals surface area contributed by atoms with E-state index >= 15 is 0 Å². The molecule has 2 aromatic heterocycles. The van der Waals surface area contributed by atoms with Crippen molar-refractivity contribution in [3.63, 3.8) is 0 Å². The van der Waals surface area contributed by atoms with E-state index in [9.17, 15) is 14.7 Å². The maximum atomic E-state index is 13.0. The minimum Gasteiger partial charge on any atom is -0.392 e. The van der Waals surface area contributed by atoms with Gasteiger partial charge in [0.15, 0.2) is 0 Å². The fraction of sp³-hybridized carbons (Fsp3) is 0.194. The highest BCUT2D eigenvalue weighted by Gasteiger charge is 2.21. The van der Waals surface area contributed by atoms with E-state index in [-0.39, 0.29) is 29.3 Å². The lowest BCUT2D eigenvalue weighted by Gasteiger charge is -2.16. The number of likely N-dealkylation sites (tertiary alicyclic amines) is 1. The number of aliphatic hydroxyl groups excluding tert-OH is 1. The van der Waals surface area contributed by atoms with Gasteiger partial charge in [-0.3, -0.25) is 24.5 Å². The van der Waals surface area contributed by atoms with Gasteiger partial charge in [0, 0.05) is 43.3 Å². The maximum Gasteiger partial charge on any atom is 0.274 e. The monoisotopic (exact) mass is 554 g/mol. The summed E-state index contributed by atoms with van der Waals surface area (Å²) in [6.07, 6.45) is 3.72. The number of halogens is 1. The Hall–Kier alpha value is -4.11. The lowest BCUT2D eigenvalue weighted by molar-refractivity contribution is 0.101. The fourth-order valence-corrected chi connectivity index (χ4v) is 4.97. The number of hydrogen-bond acceptors (Lipinski definition) is 6. The summed E-state index contributed by atoms with van der Waals surface area (Å²) in [5.74, 6) is -0.704. The number of aliphatic hydroxyl groups is 1. The molecule has 8 nitrogen and oxygen atoms in total. The van der Waals surface area contributed by atoms with Gasteiger partial charge in [0.1, 0.15) is 11.4 Å². The zero-order chi connectivity index (χ0) is 28.2. The van der Waals surface area contributed by atoms with E-state index in [4.69, 9.17) is 11.6 Å². The predicted molar refractivity (Wildman–Crippen MR) is 156 cm³/mol. The van der Waals surface area contributed by atoms with Crippen LogP contribution in [-0.2, 0) is 6.54 Å². The Labute approximate surface area is 238 Å². The normalized spacial score (nSPS) is 15.2. The number of pyridine rings is 2. The zero-order valence-corrected chi connectivity index (χ0v) is 22.8. The van der Waals surface area contributed by atoms with Gasteiger partial charge < -0.3 is 15.7 Å². The average Bonchev–Trinajstić information content (AvgIpc) is 3.36. The van der Waals surface area contributed by atoms with Crippen molar-refractivity contribution in [1.82, 2.24) is 14.9 Å². The number of hydrogen-bond donors (Lipinski definition) is 3. The van der Waals surface area contributed by atoms with Crippen LogP contribution in [0.2, 0.25) is 5.02 Å². The topological polar surface area (TPSA) is 107 Å². The van der Waals surface area contributed by atoms with Crippen molar-refractivity contribution < 1.29 is 14.7 Å². The van der Waals surface area contributed by atoms with Crippen LogP contribution in [0.4, 0.5) is 11.4 Å². The molecule has 3 N–H and O–H groups in total. The summed E-state index contributed by atoms with van der Waals surface area (Å²) < 4.78 is 0. The van der Waals surface area contributed by atoms with Crippen LogP contribution in [-0.4, -0.2) is 51.0 Å². The number of rotatable bonds is 7. The molecule has 1 saturated heterocycles. The molecule has 4 aromatic rings. The van der Waals surface area contributed by atoms with Gasteiger partial charge in [0.25, 0.3) is 11.8 Å². The second-order valence-corrected chi connectivity index (χ2v) is 10.2. The van der Waals surface area contributed by atoms with Crippen molar-refractivity contribution in [2.45, 2.75) is 26.0 Å². The van der Waals surface area contributed by atoms with Crippen LogP contribution < -0.4 is 10.6 Å². The van der Waals surface area contributed by atoms with E-state index in [0.29, 0.717) is 35.1 Å². The highest BCUT2D eigenvalue weighted by Crippen LogP contribution is 2.37. The third-order valence-electron chi connectivity index (χ3n) is 6.89. The summed E-state index contributed by atoms with van der Waals surface area (Å²) in [6, 6.07) is 17.9. The first kappa shape index (κ1) is 27.5. The molecule has 1 atom stereocenters. The Morgan fingerprint density at radius 1 is 0.950 bits per heavy atom. The molecule has 1 aliphatic heterocycles. The van der Waals surface area contributed by atoms with Crippen molar-refractivity contribution in [2.24, 2.45) is 0 Å². The standard InChI is InChI=1S/C31H29ClN5O3/c1-19-9-11-27(33-15-19)30(39)35-25-7-3-5-23(20(25)2)24-6-4-8-26(29(24)32)36-31(40)28-12-10-21(16-34-28)17-37-14-13-22(38)18-37/h3-12,15-16,22,38H,1,13-14,17-18H2,2H3,(H,35,39)(H,36,40)/t22-/m0/s1. The van der Waals surface area contributed by atoms with Crippen molar-refractivity contribution in [1.29, 1.82) is 0 Å². The molecular formula is C31H29ClN5O3. The van der Waals surface area contributed by atoms with E-state index < -0.39 is 0 Å². The van der Waals surface area contributed by atoms with Gasteiger partial charge in [-0.25, -0.2) is 0 Å². The highest BCUT2D eigenvalue weighted by atomic mass is 35.5. The number of nitrogens with zero attached hydrogens (tertiary/aromatic N) is 3. The minimum atomic E-state index is -0.374. The SMILES string of the molecule is [CH2]c1ccc(C(=O)Nc2cccc(-c3cccc(NC(=O)c4ccc(CN5CC[C@H](O)C5)cn4)c3Cl)c2C)nc1. The van der Waals surface area contributed by atoms with Gasteiger partial charge >= 0.3 is 0 Å². The van der Waals surface area contributed by atoms with E-state index in [1.807, 2.05) is 43.3 Å². The van der Waals surface area contributed by atoms with Crippen LogP contribution in [0, 0.1) is 13.8 Å². The molecule has 9 heteroatoms.